The normalized spacial score (nSPS) is 25.6. The molecule has 2 saturated heterocycles. The third-order valence-electron chi connectivity index (χ3n) is 3.61. The number of amides is 3. The number of benzene rings is 1. The Bertz CT molecular complexity index is 590. The molecule has 0 radical (unpaired) electrons. The van der Waals surface area contributed by atoms with Crippen LogP contribution in [-0.2, 0) is 11.3 Å². The molecule has 1 aromatic rings. The Morgan fingerprint density at radius 2 is 2.25 bits per heavy atom. The molecule has 2 heterocycles. The highest BCUT2D eigenvalue weighted by atomic mass is 35.5. The monoisotopic (exact) mass is 314 g/mol. The maximum Gasteiger partial charge on any atom is 0.325 e. The molecule has 2 aliphatic heterocycles. The molecule has 0 saturated carbocycles. The molecule has 106 valence electrons. The number of nitrogens with one attached hydrogen (secondary N) is 1. The topological polar surface area (TPSA) is 49.4 Å². The standard InChI is InChI=1S/C13H12ClFN2O2S/c14-10-5-9(15)2-1-8(10)6-17-11(18)13(16-12(17)19)3-4-20-7-13/h1-2,5H,3-4,6-7H2,(H,16,19). The summed E-state index contributed by atoms with van der Waals surface area (Å²) in [5, 5.41) is 2.99. The van der Waals surface area contributed by atoms with E-state index in [-0.39, 0.29) is 17.5 Å². The fourth-order valence-corrected chi connectivity index (χ4v) is 4.02. The molecule has 20 heavy (non-hydrogen) atoms. The second-order valence-electron chi connectivity index (χ2n) is 4.94. The molecule has 1 N–H and O–H groups in total. The van der Waals surface area contributed by atoms with Crippen LogP contribution < -0.4 is 5.32 Å². The van der Waals surface area contributed by atoms with E-state index in [1.54, 1.807) is 11.8 Å². The van der Waals surface area contributed by atoms with E-state index in [0.717, 1.165) is 10.7 Å². The Balaban J connectivity index is 1.84. The van der Waals surface area contributed by atoms with E-state index in [4.69, 9.17) is 11.6 Å². The van der Waals surface area contributed by atoms with Crippen molar-refractivity contribution in [3.63, 3.8) is 0 Å². The molecule has 1 spiro atoms. The number of nitrogens with zero attached hydrogens (tertiary/aromatic N) is 1. The van der Waals surface area contributed by atoms with Gasteiger partial charge < -0.3 is 5.32 Å². The first-order valence-electron chi connectivity index (χ1n) is 6.18. The number of carbonyl (C=O) groups excluding carboxylic acids is 2. The molecule has 4 nitrogen and oxygen atoms in total. The van der Waals surface area contributed by atoms with Crippen LogP contribution in [0.4, 0.5) is 9.18 Å². The van der Waals surface area contributed by atoms with Crippen molar-refractivity contribution >= 4 is 35.3 Å². The Morgan fingerprint density at radius 3 is 2.90 bits per heavy atom. The van der Waals surface area contributed by atoms with Gasteiger partial charge in [-0.05, 0) is 29.9 Å². The van der Waals surface area contributed by atoms with Gasteiger partial charge in [0.25, 0.3) is 5.91 Å². The highest BCUT2D eigenvalue weighted by Crippen LogP contribution is 2.34. The van der Waals surface area contributed by atoms with Crippen LogP contribution in [0.15, 0.2) is 18.2 Å². The van der Waals surface area contributed by atoms with Crippen molar-refractivity contribution < 1.29 is 14.0 Å². The Morgan fingerprint density at radius 1 is 1.45 bits per heavy atom. The van der Waals surface area contributed by atoms with Gasteiger partial charge in [-0.3, -0.25) is 9.69 Å². The highest BCUT2D eigenvalue weighted by molar-refractivity contribution is 7.99. The van der Waals surface area contributed by atoms with E-state index < -0.39 is 17.4 Å². The van der Waals surface area contributed by atoms with Crippen LogP contribution in [0.1, 0.15) is 12.0 Å². The maximum absolute atomic E-state index is 13.0. The third-order valence-corrected chi connectivity index (χ3v) is 5.15. The van der Waals surface area contributed by atoms with Crippen LogP contribution in [0.5, 0.6) is 0 Å². The van der Waals surface area contributed by atoms with Crippen LogP contribution in [0.2, 0.25) is 5.02 Å². The van der Waals surface area contributed by atoms with E-state index in [0.29, 0.717) is 17.7 Å². The van der Waals surface area contributed by atoms with Gasteiger partial charge in [0.05, 0.1) is 6.54 Å². The van der Waals surface area contributed by atoms with Crippen molar-refractivity contribution in [2.24, 2.45) is 0 Å². The molecule has 0 bridgehead atoms. The fourth-order valence-electron chi connectivity index (χ4n) is 2.47. The lowest BCUT2D eigenvalue weighted by molar-refractivity contribution is -0.130. The van der Waals surface area contributed by atoms with Gasteiger partial charge in [-0.25, -0.2) is 9.18 Å². The van der Waals surface area contributed by atoms with Crippen molar-refractivity contribution in [1.82, 2.24) is 10.2 Å². The van der Waals surface area contributed by atoms with Crippen molar-refractivity contribution in [2.75, 3.05) is 11.5 Å². The average molecular weight is 315 g/mol. The molecule has 0 aliphatic carbocycles. The van der Waals surface area contributed by atoms with Crippen molar-refractivity contribution in [1.29, 1.82) is 0 Å². The predicted octanol–water partition coefficient (Wildman–Crippen LogP) is 2.41. The number of carbonyl (C=O) groups is 2. The molecule has 2 aliphatic rings. The number of hydrogen-bond acceptors (Lipinski definition) is 3. The molecule has 1 atom stereocenters. The van der Waals surface area contributed by atoms with E-state index in [1.165, 1.54) is 18.2 Å². The van der Waals surface area contributed by atoms with Gasteiger partial charge in [0.15, 0.2) is 0 Å². The van der Waals surface area contributed by atoms with Crippen molar-refractivity contribution in [3.8, 4) is 0 Å². The van der Waals surface area contributed by atoms with Crippen LogP contribution in [0, 0.1) is 5.82 Å². The summed E-state index contributed by atoms with van der Waals surface area (Å²) in [6.45, 7) is 0.0657. The molecular weight excluding hydrogens is 303 g/mol. The van der Waals surface area contributed by atoms with E-state index in [2.05, 4.69) is 5.32 Å². The lowest BCUT2D eigenvalue weighted by Crippen LogP contribution is -2.46. The SMILES string of the molecule is O=C1NC2(CCSC2)C(=O)N1Cc1ccc(F)cc1Cl. The molecule has 1 aromatic carbocycles. The Labute approximate surface area is 124 Å². The number of rotatable bonds is 2. The van der Waals surface area contributed by atoms with Crippen molar-refractivity contribution in [2.45, 2.75) is 18.5 Å². The Kier molecular flexibility index (Phi) is 3.38. The molecular formula is C13H12ClFN2O2S. The molecule has 2 fully saturated rings. The maximum atomic E-state index is 13.0. The summed E-state index contributed by atoms with van der Waals surface area (Å²) in [5.41, 5.74) is -0.201. The van der Waals surface area contributed by atoms with Gasteiger partial charge >= 0.3 is 6.03 Å². The molecule has 3 rings (SSSR count). The first kappa shape index (κ1) is 13.7. The lowest BCUT2D eigenvalue weighted by Gasteiger charge is -2.19. The first-order valence-corrected chi connectivity index (χ1v) is 7.71. The molecule has 3 amide bonds. The minimum atomic E-state index is -0.756. The smallest absolute Gasteiger partial charge is 0.322 e. The summed E-state index contributed by atoms with van der Waals surface area (Å²) in [6, 6.07) is 3.53. The summed E-state index contributed by atoms with van der Waals surface area (Å²) >= 11 is 7.59. The average Bonchev–Trinajstić information content (AvgIpc) is 2.94. The summed E-state index contributed by atoms with van der Waals surface area (Å²) < 4.78 is 13.0. The zero-order chi connectivity index (χ0) is 14.3. The van der Waals surface area contributed by atoms with Gasteiger partial charge in [0.2, 0.25) is 0 Å². The van der Waals surface area contributed by atoms with E-state index >= 15 is 0 Å². The minimum absolute atomic E-state index is 0.0657. The number of urea groups is 1. The van der Waals surface area contributed by atoms with Gasteiger partial charge in [-0.1, -0.05) is 17.7 Å². The van der Waals surface area contributed by atoms with Crippen molar-refractivity contribution in [3.05, 3.63) is 34.6 Å². The fraction of sp³-hybridized carbons (Fsp3) is 0.385. The zero-order valence-electron chi connectivity index (χ0n) is 10.5. The van der Waals surface area contributed by atoms with Crippen LogP contribution in [0.25, 0.3) is 0 Å². The van der Waals surface area contributed by atoms with Gasteiger partial charge in [0.1, 0.15) is 11.4 Å². The molecule has 0 aromatic heterocycles. The zero-order valence-corrected chi connectivity index (χ0v) is 12.1. The largest absolute Gasteiger partial charge is 0.325 e. The summed E-state index contributed by atoms with van der Waals surface area (Å²) in [4.78, 5) is 25.6. The second-order valence-corrected chi connectivity index (χ2v) is 6.45. The predicted molar refractivity (Wildman–Crippen MR) is 75.2 cm³/mol. The summed E-state index contributed by atoms with van der Waals surface area (Å²) in [5.74, 6) is 0.801. The quantitative estimate of drug-likeness (QED) is 0.853. The number of hydrogen-bond donors (Lipinski definition) is 1. The second kappa shape index (κ2) is 4.93. The Hall–Kier alpha value is -1.27. The summed E-state index contributed by atoms with van der Waals surface area (Å²) in [7, 11) is 0. The first-order chi connectivity index (χ1) is 9.52. The van der Waals surface area contributed by atoms with Gasteiger partial charge in [0, 0.05) is 10.8 Å². The number of halogens is 2. The number of thioether (sulfide) groups is 1. The third kappa shape index (κ3) is 2.16. The van der Waals surface area contributed by atoms with E-state index in [9.17, 15) is 14.0 Å². The summed E-state index contributed by atoms with van der Waals surface area (Å²) in [6.07, 6.45) is 0.649. The van der Waals surface area contributed by atoms with Crippen LogP contribution >= 0.6 is 23.4 Å². The van der Waals surface area contributed by atoms with Gasteiger partial charge in [-0.2, -0.15) is 11.8 Å². The van der Waals surface area contributed by atoms with E-state index in [1.807, 2.05) is 0 Å². The van der Waals surface area contributed by atoms with Crippen LogP contribution in [-0.4, -0.2) is 33.9 Å². The van der Waals surface area contributed by atoms with Gasteiger partial charge in [-0.15, -0.1) is 0 Å². The molecule has 1 unspecified atom stereocenters. The highest BCUT2D eigenvalue weighted by Gasteiger charge is 2.52. The number of imide groups is 1. The lowest BCUT2D eigenvalue weighted by atomic mass is 9.99. The molecule has 7 heteroatoms. The minimum Gasteiger partial charge on any atom is -0.322 e. The van der Waals surface area contributed by atoms with Crippen LogP contribution in [0.3, 0.4) is 0 Å².